The monoisotopic (exact) mass is 416 g/mol. The van der Waals surface area contributed by atoms with Crippen molar-refractivity contribution in [3.05, 3.63) is 66.2 Å². The van der Waals surface area contributed by atoms with Crippen LogP contribution in [0.3, 0.4) is 0 Å². The molecule has 0 radical (unpaired) electrons. The highest BCUT2D eigenvalue weighted by molar-refractivity contribution is 5.98. The first-order valence-corrected chi connectivity index (χ1v) is 11.2. The Hall–Kier alpha value is -3.12. The number of H-pyrrole nitrogens is 1. The van der Waals surface area contributed by atoms with Crippen LogP contribution in [0.2, 0.25) is 0 Å². The lowest BCUT2D eigenvalue weighted by Crippen LogP contribution is -2.46. The van der Waals surface area contributed by atoms with Crippen LogP contribution in [0.5, 0.6) is 0 Å². The summed E-state index contributed by atoms with van der Waals surface area (Å²) >= 11 is 0. The molecule has 2 atom stereocenters. The molecule has 1 aliphatic carbocycles. The first kappa shape index (κ1) is 19.8. The highest BCUT2D eigenvalue weighted by Gasteiger charge is 2.29. The van der Waals surface area contributed by atoms with E-state index in [0.717, 1.165) is 54.2 Å². The van der Waals surface area contributed by atoms with Crippen LogP contribution in [0, 0.1) is 0 Å². The number of nitrogens with one attached hydrogen (secondary N) is 2. The quantitative estimate of drug-likeness (QED) is 0.470. The summed E-state index contributed by atoms with van der Waals surface area (Å²) in [6.07, 6.45) is 5.78. The fourth-order valence-corrected chi connectivity index (χ4v) is 4.82. The highest BCUT2D eigenvalue weighted by atomic mass is 16.3. The van der Waals surface area contributed by atoms with E-state index < -0.39 is 0 Å². The molecular formula is C25H28N4O2. The number of nitrogens with zero attached hydrogens (tertiary/aromatic N) is 2. The van der Waals surface area contributed by atoms with Crippen LogP contribution < -0.4 is 5.32 Å². The lowest BCUT2D eigenvalue weighted by Gasteiger charge is -2.37. The van der Waals surface area contributed by atoms with Gasteiger partial charge in [0.1, 0.15) is 11.2 Å². The van der Waals surface area contributed by atoms with E-state index in [4.69, 9.17) is 4.42 Å². The van der Waals surface area contributed by atoms with Gasteiger partial charge >= 0.3 is 0 Å². The average Bonchev–Trinajstić information content (AvgIpc) is 3.45. The molecule has 6 heteroatoms. The number of hydrogen-bond donors (Lipinski definition) is 2. The lowest BCUT2D eigenvalue weighted by molar-refractivity contribution is 0.0623. The van der Waals surface area contributed by atoms with Crippen molar-refractivity contribution in [1.29, 1.82) is 0 Å². The van der Waals surface area contributed by atoms with Gasteiger partial charge in [0, 0.05) is 36.1 Å². The maximum absolute atomic E-state index is 13.3. The summed E-state index contributed by atoms with van der Waals surface area (Å²) in [6.45, 7) is 3.58. The van der Waals surface area contributed by atoms with Crippen molar-refractivity contribution in [2.45, 2.75) is 51.2 Å². The number of aromatic amines is 1. The third-order valence-corrected chi connectivity index (χ3v) is 6.44. The zero-order valence-corrected chi connectivity index (χ0v) is 17.8. The van der Waals surface area contributed by atoms with Gasteiger partial charge in [-0.1, -0.05) is 24.3 Å². The first-order valence-electron chi connectivity index (χ1n) is 11.2. The molecule has 2 unspecified atom stereocenters. The number of hydrogen-bond acceptors (Lipinski definition) is 4. The van der Waals surface area contributed by atoms with Gasteiger partial charge in [0.05, 0.1) is 0 Å². The van der Waals surface area contributed by atoms with E-state index in [0.29, 0.717) is 18.3 Å². The van der Waals surface area contributed by atoms with E-state index in [-0.39, 0.29) is 11.9 Å². The Balaban J connectivity index is 1.25. The van der Waals surface area contributed by atoms with Gasteiger partial charge < -0.3 is 19.6 Å². The Morgan fingerprint density at radius 2 is 2.13 bits per heavy atom. The smallest absolute Gasteiger partial charge is 0.270 e. The minimum atomic E-state index is 0.0973. The molecular weight excluding hydrogens is 388 g/mol. The Kier molecular flexibility index (Phi) is 5.47. The fraction of sp³-hybridized carbons (Fsp3) is 0.360. The molecule has 0 bridgehead atoms. The molecule has 2 aromatic heterocycles. The summed E-state index contributed by atoms with van der Waals surface area (Å²) in [5.41, 5.74) is 4.58. The maximum atomic E-state index is 13.3. The number of fused-ring (bicyclic) bond motifs is 2. The molecule has 1 amide bonds. The molecule has 0 spiro atoms. The van der Waals surface area contributed by atoms with Crippen molar-refractivity contribution < 1.29 is 9.21 Å². The molecule has 2 aromatic carbocycles. The SMILES string of the molecule is CCN(C(=O)c1cc2ccccc2[nH]1)C1CCCC(NCc2ccc3ncoc3c2)C1. The fourth-order valence-electron chi connectivity index (χ4n) is 4.82. The zero-order chi connectivity index (χ0) is 21.2. The Morgan fingerprint density at radius 1 is 1.23 bits per heavy atom. The summed E-state index contributed by atoms with van der Waals surface area (Å²) in [5, 5.41) is 4.77. The van der Waals surface area contributed by atoms with E-state index in [1.807, 2.05) is 47.4 Å². The molecule has 0 aliphatic heterocycles. The van der Waals surface area contributed by atoms with Gasteiger partial charge in [0.25, 0.3) is 5.91 Å². The molecule has 1 aliphatic rings. The van der Waals surface area contributed by atoms with E-state index in [2.05, 4.69) is 28.3 Å². The standard InChI is InChI=1S/C25H28N4O2/c1-2-29(25(30)23-13-18-6-3-4-9-21(18)28-23)20-8-5-7-19(14-20)26-15-17-10-11-22-24(12-17)31-16-27-22/h3-4,6,9-13,16,19-20,26,28H,2,5,7-8,14-15H2,1H3. The first-order chi connectivity index (χ1) is 15.2. The second-order valence-corrected chi connectivity index (χ2v) is 8.41. The van der Waals surface area contributed by atoms with Gasteiger partial charge in [-0.3, -0.25) is 4.79 Å². The minimum Gasteiger partial charge on any atom is -0.443 e. The van der Waals surface area contributed by atoms with Gasteiger partial charge in [-0.05, 0) is 62.4 Å². The number of benzene rings is 2. The predicted octanol–water partition coefficient (Wildman–Crippen LogP) is 4.87. The van der Waals surface area contributed by atoms with Gasteiger partial charge in [-0.2, -0.15) is 0 Å². The highest BCUT2D eigenvalue weighted by Crippen LogP contribution is 2.26. The number of para-hydroxylation sites is 1. The lowest BCUT2D eigenvalue weighted by atomic mass is 9.89. The van der Waals surface area contributed by atoms with Crippen molar-refractivity contribution >= 4 is 27.9 Å². The van der Waals surface area contributed by atoms with Crippen LogP contribution in [0.1, 0.15) is 48.7 Å². The topological polar surface area (TPSA) is 74.2 Å². The average molecular weight is 417 g/mol. The van der Waals surface area contributed by atoms with Gasteiger partial charge in [0.15, 0.2) is 12.0 Å². The molecule has 5 rings (SSSR count). The normalized spacial score (nSPS) is 19.1. The molecule has 6 nitrogen and oxygen atoms in total. The third kappa shape index (κ3) is 4.08. The van der Waals surface area contributed by atoms with Crippen LogP contribution in [0.25, 0.3) is 22.0 Å². The van der Waals surface area contributed by atoms with Gasteiger partial charge in [-0.25, -0.2) is 4.98 Å². The molecule has 4 aromatic rings. The van der Waals surface area contributed by atoms with Crippen LogP contribution in [-0.4, -0.2) is 39.4 Å². The number of oxazole rings is 1. The Labute approximate surface area is 181 Å². The van der Waals surface area contributed by atoms with Crippen molar-refractivity contribution in [3.63, 3.8) is 0 Å². The number of carbonyl (C=O) groups is 1. The largest absolute Gasteiger partial charge is 0.443 e. The Bertz CT molecular complexity index is 1160. The van der Waals surface area contributed by atoms with Gasteiger partial charge in [0.2, 0.25) is 0 Å². The molecule has 1 fully saturated rings. The molecule has 160 valence electrons. The summed E-state index contributed by atoms with van der Waals surface area (Å²) < 4.78 is 5.42. The minimum absolute atomic E-state index is 0.0973. The second kappa shape index (κ2) is 8.55. The van der Waals surface area contributed by atoms with Crippen LogP contribution in [-0.2, 0) is 6.54 Å². The van der Waals surface area contributed by atoms with Crippen LogP contribution >= 0.6 is 0 Å². The molecule has 2 heterocycles. The molecule has 31 heavy (non-hydrogen) atoms. The zero-order valence-electron chi connectivity index (χ0n) is 17.8. The number of amides is 1. The summed E-state index contributed by atoms with van der Waals surface area (Å²) in [5.74, 6) is 0.0973. The number of aromatic nitrogens is 2. The second-order valence-electron chi connectivity index (χ2n) is 8.41. The predicted molar refractivity (Wildman–Crippen MR) is 122 cm³/mol. The van der Waals surface area contributed by atoms with Crippen LogP contribution in [0.4, 0.5) is 0 Å². The van der Waals surface area contributed by atoms with Crippen molar-refractivity contribution in [1.82, 2.24) is 20.2 Å². The number of rotatable bonds is 6. The van der Waals surface area contributed by atoms with E-state index in [9.17, 15) is 4.79 Å². The number of carbonyl (C=O) groups excluding carboxylic acids is 1. The molecule has 2 N–H and O–H groups in total. The Morgan fingerprint density at radius 3 is 3.00 bits per heavy atom. The summed E-state index contributed by atoms with van der Waals surface area (Å²) in [7, 11) is 0. The van der Waals surface area contributed by atoms with Crippen molar-refractivity contribution in [3.8, 4) is 0 Å². The maximum Gasteiger partial charge on any atom is 0.270 e. The molecule has 1 saturated carbocycles. The van der Waals surface area contributed by atoms with Gasteiger partial charge in [-0.15, -0.1) is 0 Å². The van der Waals surface area contributed by atoms with Crippen LogP contribution in [0.15, 0.2) is 59.3 Å². The molecule has 0 saturated heterocycles. The summed E-state index contributed by atoms with van der Waals surface area (Å²) in [6, 6.07) is 16.8. The van der Waals surface area contributed by atoms with Crippen molar-refractivity contribution in [2.75, 3.05) is 6.54 Å². The van der Waals surface area contributed by atoms with E-state index in [1.165, 1.54) is 12.0 Å². The van der Waals surface area contributed by atoms with Crippen molar-refractivity contribution in [2.24, 2.45) is 0 Å². The van der Waals surface area contributed by atoms with E-state index >= 15 is 0 Å². The summed E-state index contributed by atoms with van der Waals surface area (Å²) in [4.78, 5) is 22.8. The van der Waals surface area contributed by atoms with E-state index in [1.54, 1.807) is 0 Å². The third-order valence-electron chi connectivity index (χ3n) is 6.44.